The van der Waals surface area contributed by atoms with Crippen LogP contribution in [0, 0.1) is 6.92 Å². The number of hydrogen-bond donors (Lipinski definition) is 1. The van der Waals surface area contributed by atoms with Gasteiger partial charge >= 0.3 is 5.69 Å². The van der Waals surface area contributed by atoms with E-state index in [0.29, 0.717) is 18.7 Å². The summed E-state index contributed by atoms with van der Waals surface area (Å²) < 4.78 is 7.08. The maximum atomic E-state index is 12.4. The third-order valence-corrected chi connectivity index (χ3v) is 4.04. The average Bonchev–Trinajstić information content (AvgIpc) is 3.02. The fraction of sp³-hybridized carbons (Fsp3) is 0.353. The summed E-state index contributed by atoms with van der Waals surface area (Å²) in [6, 6.07) is 9.48. The summed E-state index contributed by atoms with van der Waals surface area (Å²) in [7, 11) is 0. The van der Waals surface area contributed by atoms with Crippen molar-refractivity contribution in [2.75, 3.05) is 13.1 Å². The number of amides is 1. The highest BCUT2D eigenvalue weighted by atomic mass is 16.5. The number of H-pyrrole nitrogens is 1. The predicted octanol–water partition coefficient (Wildman–Crippen LogP) is 0.525. The van der Waals surface area contributed by atoms with Gasteiger partial charge in [-0.3, -0.25) is 19.1 Å². The number of likely N-dealkylation sites (tertiary alicyclic amines) is 1. The quantitative estimate of drug-likeness (QED) is 0.886. The van der Waals surface area contributed by atoms with Crippen LogP contribution in [0.5, 0.6) is 5.75 Å². The van der Waals surface area contributed by atoms with E-state index in [4.69, 9.17) is 4.74 Å². The van der Waals surface area contributed by atoms with Gasteiger partial charge in [-0.15, -0.1) is 0 Å². The molecule has 1 aromatic heterocycles. The SMILES string of the molecule is Cc1cn(CC(=O)N2CCC(Oc3ccccc3)C2)c(=O)[nH]c1=O. The number of benzene rings is 1. The molecule has 3 rings (SSSR count). The van der Waals surface area contributed by atoms with Crippen LogP contribution in [0.4, 0.5) is 0 Å². The summed E-state index contributed by atoms with van der Waals surface area (Å²) >= 11 is 0. The number of aryl methyl sites for hydroxylation is 1. The Hall–Kier alpha value is -2.83. The van der Waals surface area contributed by atoms with Gasteiger partial charge in [-0.1, -0.05) is 18.2 Å². The van der Waals surface area contributed by atoms with Crippen molar-refractivity contribution in [2.24, 2.45) is 0 Å². The number of para-hydroxylation sites is 1. The van der Waals surface area contributed by atoms with Crippen molar-refractivity contribution in [2.45, 2.75) is 26.0 Å². The molecule has 1 aromatic carbocycles. The van der Waals surface area contributed by atoms with Gasteiger partial charge in [0.05, 0.1) is 6.54 Å². The highest BCUT2D eigenvalue weighted by molar-refractivity contribution is 5.76. The van der Waals surface area contributed by atoms with Gasteiger partial charge in [0.1, 0.15) is 18.4 Å². The van der Waals surface area contributed by atoms with Crippen LogP contribution in [0.2, 0.25) is 0 Å². The molecule has 126 valence electrons. The van der Waals surface area contributed by atoms with Gasteiger partial charge < -0.3 is 9.64 Å². The Labute approximate surface area is 138 Å². The Kier molecular flexibility index (Phi) is 4.50. The fourth-order valence-electron chi connectivity index (χ4n) is 2.72. The number of carbonyl (C=O) groups excluding carboxylic acids is 1. The van der Waals surface area contributed by atoms with Crippen LogP contribution in [0.25, 0.3) is 0 Å². The topological polar surface area (TPSA) is 84.4 Å². The fourth-order valence-corrected chi connectivity index (χ4v) is 2.72. The lowest BCUT2D eigenvalue weighted by Crippen LogP contribution is -2.38. The maximum absolute atomic E-state index is 12.4. The van der Waals surface area contributed by atoms with E-state index >= 15 is 0 Å². The van der Waals surface area contributed by atoms with Crippen LogP contribution < -0.4 is 16.0 Å². The lowest BCUT2D eigenvalue weighted by Gasteiger charge is -2.18. The lowest BCUT2D eigenvalue weighted by molar-refractivity contribution is -0.131. The minimum atomic E-state index is -0.574. The number of aromatic nitrogens is 2. The van der Waals surface area contributed by atoms with Gasteiger partial charge in [0.15, 0.2) is 0 Å². The third-order valence-electron chi connectivity index (χ3n) is 4.04. The Morgan fingerprint density at radius 1 is 1.29 bits per heavy atom. The minimum absolute atomic E-state index is 0.0506. The summed E-state index contributed by atoms with van der Waals surface area (Å²) in [6.45, 7) is 2.59. The van der Waals surface area contributed by atoms with E-state index in [1.807, 2.05) is 30.3 Å². The molecule has 1 amide bonds. The number of nitrogens with one attached hydrogen (secondary N) is 1. The van der Waals surface area contributed by atoms with E-state index in [1.165, 1.54) is 10.8 Å². The summed E-state index contributed by atoms with van der Waals surface area (Å²) in [5.74, 6) is 0.618. The molecule has 0 aliphatic carbocycles. The van der Waals surface area contributed by atoms with Gasteiger partial charge in [-0.25, -0.2) is 4.79 Å². The summed E-state index contributed by atoms with van der Waals surface area (Å²) in [5.41, 5.74) is -0.606. The van der Waals surface area contributed by atoms with E-state index in [1.54, 1.807) is 11.8 Å². The molecule has 0 saturated carbocycles. The molecule has 2 aromatic rings. The highest BCUT2D eigenvalue weighted by Crippen LogP contribution is 2.18. The smallest absolute Gasteiger partial charge is 0.328 e. The van der Waals surface area contributed by atoms with Crippen molar-refractivity contribution in [1.82, 2.24) is 14.5 Å². The van der Waals surface area contributed by atoms with E-state index < -0.39 is 11.2 Å². The monoisotopic (exact) mass is 329 g/mol. The molecular formula is C17H19N3O4. The van der Waals surface area contributed by atoms with Crippen LogP contribution in [0.15, 0.2) is 46.1 Å². The molecule has 7 nitrogen and oxygen atoms in total. The molecule has 1 aliphatic heterocycles. The molecule has 24 heavy (non-hydrogen) atoms. The zero-order valence-corrected chi connectivity index (χ0v) is 13.4. The zero-order valence-electron chi connectivity index (χ0n) is 13.4. The minimum Gasteiger partial charge on any atom is -0.489 e. The number of hydrogen-bond acceptors (Lipinski definition) is 4. The number of nitrogens with zero attached hydrogens (tertiary/aromatic N) is 2. The molecule has 2 heterocycles. The summed E-state index contributed by atoms with van der Waals surface area (Å²) in [5, 5.41) is 0. The zero-order chi connectivity index (χ0) is 17.1. The van der Waals surface area contributed by atoms with Crippen molar-refractivity contribution in [3.05, 3.63) is 62.9 Å². The van der Waals surface area contributed by atoms with Crippen molar-refractivity contribution in [3.8, 4) is 5.75 Å². The van der Waals surface area contributed by atoms with Gasteiger partial charge in [-0.05, 0) is 19.1 Å². The number of aromatic amines is 1. The largest absolute Gasteiger partial charge is 0.489 e. The Bertz CT molecular complexity index is 841. The summed E-state index contributed by atoms with van der Waals surface area (Å²) in [6.07, 6.45) is 2.11. The highest BCUT2D eigenvalue weighted by Gasteiger charge is 2.27. The Morgan fingerprint density at radius 2 is 2.04 bits per heavy atom. The van der Waals surface area contributed by atoms with Crippen molar-refractivity contribution in [3.63, 3.8) is 0 Å². The van der Waals surface area contributed by atoms with E-state index in [-0.39, 0.29) is 18.6 Å². The second-order valence-corrected chi connectivity index (χ2v) is 5.88. The first-order chi connectivity index (χ1) is 11.5. The average molecular weight is 329 g/mol. The van der Waals surface area contributed by atoms with Crippen molar-refractivity contribution >= 4 is 5.91 Å². The van der Waals surface area contributed by atoms with Crippen LogP contribution in [0.1, 0.15) is 12.0 Å². The van der Waals surface area contributed by atoms with Crippen LogP contribution >= 0.6 is 0 Å². The van der Waals surface area contributed by atoms with Gasteiger partial charge in [0, 0.05) is 24.7 Å². The first-order valence-corrected chi connectivity index (χ1v) is 7.83. The van der Waals surface area contributed by atoms with Crippen LogP contribution in [-0.4, -0.2) is 39.6 Å². The molecule has 0 spiro atoms. The van der Waals surface area contributed by atoms with E-state index in [0.717, 1.165) is 12.2 Å². The Balaban J connectivity index is 1.62. The van der Waals surface area contributed by atoms with Gasteiger partial charge in [0.2, 0.25) is 5.91 Å². The van der Waals surface area contributed by atoms with Crippen molar-refractivity contribution in [1.29, 1.82) is 0 Å². The summed E-state index contributed by atoms with van der Waals surface area (Å²) in [4.78, 5) is 39.4. The standard InChI is InChI=1S/C17H19N3O4/c1-12-9-20(17(23)18-16(12)22)11-15(21)19-8-7-14(10-19)24-13-5-3-2-4-6-13/h2-6,9,14H,7-8,10-11H2,1H3,(H,18,22,23). The molecule has 1 unspecified atom stereocenters. The predicted molar refractivity (Wildman–Crippen MR) is 88.1 cm³/mol. The van der Waals surface area contributed by atoms with E-state index in [9.17, 15) is 14.4 Å². The first kappa shape index (κ1) is 16.0. The Morgan fingerprint density at radius 3 is 2.79 bits per heavy atom. The van der Waals surface area contributed by atoms with Crippen molar-refractivity contribution < 1.29 is 9.53 Å². The second-order valence-electron chi connectivity index (χ2n) is 5.88. The van der Waals surface area contributed by atoms with Gasteiger partial charge in [0.25, 0.3) is 5.56 Å². The molecule has 0 bridgehead atoms. The lowest BCUT2D eigenvalue weighted by atomic mass is 10.3. The molecule has 0 radical (unpaired) electrons. The van der Waals surface area contributed by atoms with Crippen LogP contribution in [0.3, 0.4) is 0 Å². The number of ether oxygens (including phenoxy) is 1. The molecule has 1 N–H and O–H groups in total. The van der Waals surface area contributed by atoms with E-state index in [2.05, 4.69) is 4.98 Å². The maximum Gasteiger partial charge on any atom is 0.328 e. The molecule has 7 heteroatoms. The molecule has 1 fully saturated rings. The number of rotatable bonds is 4. The molecular weight excluding hydrogens is 310 g/mol. The van der Waals surface area contributed by atoms with Gasteiger partial charge in [-0.2, -0.15) is 0 Å². The molecule has 1 aliphatic rings. The molecule has 1 saturated heterocycles. The molecule has 1 atom stereocenters. The normalized spacial score (nSPS) is 17.0. The third kappa shape index (κ3) is 3.56. The number of carbonyl (C=O) groups is 1. The first-order valence-electron chi connectivity index (χ1n) is 7.83. The van der Waals surface area contributed by atoms with Crippen LogP contribution in [-0.2, 0) is 11.3 Å². The second kappa shape index (κ2) is 6.74.